The molecule has 0 saturated carbocycles. The Kier molecular flexibility index (Phi) is 54.2. The van der Waals surface area contributed by atoms with E-state index >= 15 is 0 Å². The number of carbonyl (C=O) groups is 2. The van der Waals surface area contributed by atoms with Crippen molar-refractivity contribution in [2.75, 3.05) is 26.4 Å². The van der Waals surface area contributed by atoms with Crippen LogP contribution in [0.2, 0.25) is 0 Å². The number of ether oxygens (including phenoxy) is 2. The third-order valence-electron chi connectivity index (χ3n) is 12.3. The Labute approximate surface area is 436 Å². The predicted octanol–water partition coefficient (Wildman–Crippen LogP) is 18.3. The summed E-state index contributed by atoms with van der Waals surface area (Å²) in [6.07, 6.45) is 73.5. The zero-order chi connectivity index (χ0) is 51.7. The summed E-state index contributed by atoms with van der Waals surface area (Å²) in [6, 6.07) is 0. The number of esters is 2. The Morgan fingerprint density at radius 1 is 0.437 bits per heavy atom. The average Bonchev–Trinajstić information content (AvgIpc) is 3.36. The van der Waals surface area contributed by atoms with E-state index in [0.29, 0.717) is 6.42 Å². The second-order valence-corrected chi connectivity index (χ2v) is 20.6. The summed E-state index contributed by atoms with van der Waals surface area (Å²) in [5, 5.41) is 0. The number of nitrogens with two attached hydrogens (primary N) is 1. The van der Waals surface area contributed by atoms with Crippen molar-refractivity contribution in [1.82, 2.24) is 0 Å². The van der Waals surface area contributed by atoms with Gasteiger partial charge in [0.1, 0.15) is 6.61 Å². The number of unbranched alkanes of at least 4 members (excludes halogenated alkanes) is 27. The van der Waals surface area contributed by atoms with Crippen molar-refractivity contribution in [2.24, 2.45) is 5.73 Å². The lowest BCUT2D eigenvalue weighted by Crippen LogP contribution is -2.29. The molecule has 0 saturated heterocycles. The van der Waals surface area contributed by atoms with E-state index in [-0.39, 0.29) is 32.6 Å². The zero-order valence-electron chi connectivity index (χ0n) is 45.7. The molecule has 0 fully saturated rings. The summed E-state index contributed by atoms with van der Waals surface area (Å²) in [4.78, 5) is 35.2. The minimum atomic E-state index is -4.39. The van der Waals surface area contributed by atoms with Crippen molar-refractivity contribution in [3.8, 4) is 0 Å². The van der Waals surface area contributed by atoms with Gasteiger partial charge in [0.2, 0.25) is 0 Å². The third kappa shape index (κ3) is 56.3. The van der Waals surface area contributed by atoms with Gasteiger partial charge in [-0.25, -0.2) is 4.57 Å². The van der Waals surface area contributed by atoms with Crippen LogP contribution in [0.5, 0.6) is 0 Å². The second kappa shape index (κ2) is 56.5. The largest absolute Gasteiger partial charge is 0.472 e. The Bertz CT molecular complexity index is 1440. The lowest BCUT2D eigenvalue weighted by atomic mass is 10.0. The molecule has 0 bridgehead atoms. The molecular weight excluding hydrogens is 906 g/mol. The van der Waals surface area contributed by atoms with E-state index in [9.17, 15) is 19.0 Å². The van der Waals surface area contributed by atoms with Gasteiger partial charge in [-0.1, -0.05) is 240 Å². The molecule has 0 aromatic rings. The van der Waals surface area contributed by atoms with E-state index in [2.05, 4.69) is 98.9 Å². The number of phosphoric ester groups is 1. The molecule has 3 N–H and O–H groups in total. The first-order valence-electron chi connectivity index (χ1n) is 29.1. The number of phosphoric acid groups is 1. The standard InChI is InChI=1S/C61H108NO8P/c1-3-5-7-9-11-13-15-17-19-21-23-24-25-26-27-28-29-30-31-32-33-34-36-38-40-42-44-46-48-50-52-54-61(64)70-59(58-69-71(65,66)68-56-55-62)57-67-60(63)53-51-49-47-45-43-41-39-37-35-22-20-18-16-14-12-10-8-6-4-2/h5,7,11-14,17-20,23-24,35,37,59H,3-4,6,8-10,15-16,21-22,25-34,36,38-58,62H2,1-2H3,(H,65,66)/b7-5-,13-11-,14-12-,19-17-,20-18-,24-23-,37-35-. The fourth-order valence-electron chi connectivity index (χ4n) is 7.99. The highest BCUT2D eigenvalue weighted by atomic mass is 31.2. The molecule has 2 atom stereocenters. The van der Waals surface area contributed by atoms with Crippen molar-refractivity contribution in [2.45, 2.75) is 264 Å². The minimum absolute atomic E-state index is 0.0491. The molecule has 0 rings (SSSR count). The summed E-state index contributed by atoms with van der Waals surface area (Å²) in [5.41, 5.74) is 5.38. The lowest BCUT2D eigenvalue weighted by molar-refractivity contribution is -0.161. The molecular formula is C61H108NO8P. The maximum absolute atomic E-state index is 12.7. The van der Waals surface area contributed by atoms with Crippen LogP contribution >= 0.6 is 7.82 Å². The SMILES string of the molecule is CC/C=C\C/C=C\C/C=C\C/C=C\CCCCCCCCCCCCCCCCCCCCC(=O)OC(COC(=O)CCCCCCCC/C=C\C/C=C\C/C=C\CCCCC)COP(=O)(O)OCCN. The van der Waals surface area contributed by atoms with Gasteiger partial charge >= 0.3 is 19.8 Å². The third-order valence-corrected chi connectivity index (χ3v) is 13.2. The van der Waals surface area contributed by atoms with Gasteiger partial charge in [-0.15, -0.1) is 0 Å². The highest BCUT2D eigenvalue weighted by Crippen LogP contribution is 2.43. The van der Waals surface area contributed by atoms with Gasteiger partial charge < -0.3 is 20.1 Å². The molecule has 10 heteroatoms. The van der Waals surface area contributed by atoms with E-state index in [1.807, 2.05) is 0 Å². The van der Waals surface area contributed by atoms with Crippen LogP contribution in [0, 0.1) is 0 Å². The number of rotatable bonds is 54. The van der Waals surface area contributed by atoms with Gasteiger partial charge in [0.15, 0.2) is 6.10 Å². The summed E-state index contributed by atoms with van der Waals surface area (Å²) in [6.45, 7) is 3.60. The summed E-state index contributed by atoms with van der Waals surface area (Å²) in [7, 11) is -4.39. The fourth-order valence-corrected chi connectivity index (χ4v) is 8.75. The van der Waals surface area contributed by atoms with Crippen molar-refractivity contribution in [1.29, 1.82) is 0 Å². The molecule has 0 aliphatic carbocycles. The molecule has 0 spiro atoms. The summed E-state index contributed by atoms with van der Waals surface area (Å²) >= 11 is 0. The van der Waals surface area contributed by atoms with E-state index in [0.717, 1.165) is 89.9 Å². The molecule has 0 radical (unpaired) electrons. The molecule has 71 heavy (non-hydrogen) atoms. The van der Waals surface area contributed by atoms with E-state index < -0.39 is 32.5 Å². The van der Waals surface area contributed by atoms with Crippen molar-refractivity contribution in [3.63, 3.8) is 0 Å². The second-order valence-electron chi connectivity index (χ2n) is 19.1. The Hall–Kier alpha value is -2.81. The van der Waals surface area contributed by atoms with E-state index in [4.69, 9.17) is 24.3 Å². The maximum atomic E-state index is 12.7. The molecule has 0 aliphatic rings. The molecule has 2 unspecified atom stereocenters. The number of carbonyl (C=O) groups excluding carboxylic acids is 2. The molecule has 0 aromatic heterocycles. The normalized spacial score (nSPS) is 13.7. The highest BCUT2D eigenvalue weighted by molar-refractivity contribution is 7.47. The molecule has 0 aliphatic heterocycles. The van der Waals surface area contributed by atoms with Gasteiger partial charge in [0, 0.05) is 19.4 Å². The topological polar surface area (TPSA) is 134 Å². The first-order valence-corrected chi connectivity index (χ1v) is 30.6. The van der Waals surface area contributed by atoms with E-state index in [1.165, 1.54) is 135 Å². The van der Waals surface area contributed by atoms with Gasteiger partial charge in [0.05, 0.1) is 13.2 Å². The van der Waals surface area contributed by atoms with Crippen LogP contribution in [0.3, 0.4) is 0 Å². The molecule has 0 amide bonds. The molecule has 9 nitrogen and oxygen atoms in total. The van der Waals surface area contributed by atoms with Crippen LogP contribution in [0.15, 0.2) is 85.1 Å². The van der Waals surface area contributed by atoms with Crippen LogP contribution in [-0.2, 0) is 32.7 Å². The van der Waals surface area contributed by atoms with Gasteiger partial charge in [-0.05, 0) is 89.9 Å². The monoisotopic (exact) mass is 1010 g/mol. The first kappa shape index (κ1) is 68.2. The van der Waals surface area contributed by atoms with Gasteiger partial charge in [-0.2, -0.15) is 0 Å². The molecule has 410 valence electrons. The smallest absolute Gasteiger partial charge is 0.462 e. The van der Waals surface area contributed by atoms with Crippen LogP contribution in [-0.4, -0.2) is 49.3 Å². The highest BCUT2D eigenvalue weighted by Gasteiger charge is 2.26. The minimum Gasteiger partial charge on any atom is -0.462 e. The maximum Gasteiger partial charge on any atom is 0.472 e. The molecule has 0 aromatic carbocycles. The average molecular weight is 1010 g/mol. The zero-order valence-corrected chi connectivity index (χ0v) is 46.6. The van der Waals surface area contributed by atoms with Crippen LogP contribution in [0.4, 0.5) is 0 Å². The Morgan fingerprint density at radius 3 is 1.15 bits per heavy atom. The number of hydrogen-bond acceptors (Lipinski definition) is 8. The van der Waals surface area contributed by atoms with Crippen molar-refractivity contribution >= 4 is 19.8 Å². The van der Waals surface area contributed by atoms with Crippen LogP contribution in [0.1, 0.15) is 258 Å². The Balaban J connectivity index is 3.94. The molecule has 0 heterocycles. The van der Waals surface area contributed by atoms with Crippen LogP contribution < -0.4 is 5.73 Å². The van der Waals surface area contributed by atoms with Crippen LogP contribution in [0.25, 0.3) is 0 Å². The summed E-state index contributed by atoms with van der Waals surface area (Å²) < 4.78 is 33.0. The van der Waals surface area contributed by atoms with Crippen molar-refractivity contribution in [3.05, 3.63) is 85.1 Å². The fraction of sp³-hybridized carbons (Fsp3) is 0.738. The number of hydrogen-bond donors (Lipinski definition) is 2. The van der Waals surface area contributed by atoms with Gasteiger partial charge in [0.25, 0.3) is 0 Å². The van der Waals surface area contributed by atoms with Crippen molar-refractivity contribution < 1.29 is 37.6 Å². The quantitative estimate of drug-likeness (QED) is 0.0264. The van der Waals surface area contributed by atoms with E-state index in [1.54, 1.807) is 0 Å². The lowest BCUT2D eigenvalue weighted by Gasteiger charge is -2.19. The van der Waals surface area contributed by atoms with Gasteiger partial charge in [-0.3, -0.25) is 18.6 Å². The number of allylic oxidation sites excluding steroid dienone is 14. The Morgan fingerprint density at radius 2 is 0.775 bits per heavy atom. The first-order chi connectivity index (χ1) is 34.8. The summed E-state index contributed by atoms with van der Waals surface area (Å²) in [5.74, 6) is -0.838. The predicted molar refractivity (Wildman–Crippen MR) is 302 cm³/mol.